The van der Waals surface area contributed by atoms with Gasteiger partial charge in [0, 0.05) is 29.7 Å². The summed E-state index contributed by atoms with van der Waals surface area (Å²) in [5.41, 5.74) is 0.406. The number of hydrogen-bond acceptors (Lipinski definition) is 5. The van der Waals surface area contributed by atoms with Crippen LogP contribution in [-0.4, -0.2) is 37.6 Å². The van der Waals surface area contributed by atoms with Gasteiger partial charge in [0.05, 0.1) is 0 Å². The molecule has 140 valence electrons. The van der Waals surface area contributed by atoms with E-state index in [1.54, 1.807) is 24.3 Å². The van der Waals surface area contributed by atoms with Crippen LogP contribution in [-0.2, 0) is 12.6 Å². The van der Waals surface area contributed by atoms with Gasteiger partial charge in [0.2, 0.25) is 5.82 Å². The lowest BCUT2D eigenvalue weighted by molar-refractivity contribution is -0.145. The molecular weight excluding hydrogens is 385 g/mol. The lowest BCUT2D eigenvalue weighted by Crippen LogP contribution is -2.27. The maximum atomic E-state index is 12.6. The highest BCUT2D eigenvalue weighted by Gasteiger charge is 2.35. The molecule has 1 amide bonds. The Hall–Kier alpha value is -3.01. The number of amides is 1. The van der Waals surface area contributed by atoms with Gasteiger partial charge in [-0.2, -0.15) is 18.3 Å². The number of benzene rings is 1. The summed E-state index contributed by atoms with van der Waals surface area (Å²) >= 11 is 5.83. The van der Waals surface area contributed by atoms with Gasteiger partial charge in [0.25, 0.3) is 5.91 Å². The minimum Gasteiger partial charge on any atom is -0.350 e. The van der Waals surface area contributed by atoms with Crippen LogP contribution in [0.1, 0.15) is 22.1 Å². The summed E-state index contributed by atoms with van der Waals surface area (Å²) in [4.78, 5) is 22.6. The number of carbonyl (C=O) groups excluding carboxylic acids is 1. The number of nitrogens with one attached hydrogen (secondary N) is 2. The molecule has 0 atom stereocenters. The number of H-pyrrole nitrogens is 1. The van der Waals surface area contributed by atoms with Crippen LogP contribution < -0.4 is 5.32 Å². The fraction of sp³-hybridized carbons (Fsp3) is 0.188. The third-order valence-electron chi connectivity index (χ3n) is 3.42. The molecule has 0 aliphatic heterocycles. The highest BCUT2D eigenvalue weighted by atomic mass is 35.5. The molecule has 0 unspecified atom stereocenters. The van der Waals surface area contributed by atoms with E-state index in [9.17, 15) is 18.0 Å². The predicted octanol–water partition coefficient (Wildman–Crippen LogP) is 2.91. The van der Waals surface area contributed by atoms with Crippen molar-refractivity contribution in [2.24, 2.45) is 0 Å². The first-order valence-electron chi connectivity index (χ1n) is 7.68. The van der Waals surface area contributed by atoms with E-state index in [-0.39, 0.29) is 12.2 Å². The van der Waals surface area contributed by atoms with Crippen LogP contribution in [0.25, 0.3) is 11.4 Å². The molecule has 11 heteroatoms. The number of alkyl halides is 3. The quantitative estimate of drug-likeness (QED) is 0.691. The van der Waals surface area contributed by atoms with Crippen molar-refractivity contribution >= 4 is 17.5 Å². The molecule has 0 bridgehead atoms. The number of halogens is 4. The van der Waals surface area contributed by atoms with Gasteiger partial charge in [-0.1, -0.05) is 11.6 Å². The minimum absolute atomic E-state index is 0.138. The van der Waals surface area contributed by atoms with Gasteiger partial charge < -0.3 is 5.32 Å². The van der Waals surface area contributed by atoms with E-state index in [0.29, 0.717) is 23.1 Å². The van der Waals surface area contributed by atoms with Crippen LogP contribution in [0.3, 0.4) is 0 Å². The van der Waals surface area contributed by atoms with Crippen molar-refractivity contribution < 1.29 is 18.0 Å². The highest BCUT2D eigenvalue weighted by molar-refractivity contribution is 6.30. The van der Waals surface area contributed by atoms with Gasteiger partial charge in [0.15, 0.2) is 5.82 Å². The maximum absolute atomic E-state index is 12.6. The molecule has 0 radical (unpaired) electrons. The summed E-state index contributed by atoms with van der Waals surface area (Å²) in [6.45, 7) is 0.138. The molecule has 27 heavy (non-hydrogen) atoms. The van der Waals surface area contributed by atoms with Crippen molar-refractivity contribution in [3.8, 4) is 11.4 Å². The Balaban J connectivity index is 1.57. The number of rotatable bonds is 5. The maximum Gasteiger partial charge on any atom is 0.451 e. The summed E-state index contributed by atoms with van der Waals surface area (Å²) in [5, 5.41) is 9.89. The van der Waals surface area contributed by atoms with Crippen LogP contribution in [0.4, 0.5) is 13.2 Å². The summed E-state index contributed by atoms with van der Waals surface area (Å²) in [5.74, 6) is -1.11. The fourth-order valence-electron chi connectivity index (χ4n) is 2.14. The molecule has 0 saturated heterocycles. The van der Waals surface area contributed by atoms with Crippen molar-refractivity contribution in [2.45, 2.75) is 12.6 Å². The van der Waals surface area contributed by atoms with Crippen molar-refractivity contribution in [1.29, 1.82) is 0 Å². The lowest BCUT2D eigenvalue weighted by atomic mass is 10.2. The Morgan fingerprint density at radius 3 is 2.59 bits per heavy atom. The molecule has 0 aliphatic carbocycles. The second kappa shape index (κ2) is 7.70. The van der Waals surface area contributed by atoms with Crippen molar-refractivity contribution in [3.63, 3.8) is 0 Å². The van der Waals surface area contributed by atoms with Gasteiger partial charge in [-0.05, 0) is 30.3 Å². The van der Waals surface area contributed by atoms with Crippen LogP contribution in [0.2, 0.25) is 5.02 Å². The van der Waals surface area contributed by atoms with E-state index in [1.165, 1.54) is 0 Å². The third kappa shape index (κ3) is 4.79. The zero-order valence-corrected chi connectivity index (χ0v) is 14.3. The van der Waals surface area contributed by atoms with Gasteiger partial charge in [-0.3, -0.25) is 9.89 Å². The first-order chi connectivity index (χ1) is 12.8. The van der Waals surface area contributed by atoms with E-state index >= 15 is 0 Å². The molecule has 3 rings (SSSR count). The monoisotopic (exact) mass is 396 g/mol. The molecule has 0 aliphatic rings. The Morgan fingerprint density at radius 1 is 1.15 bits per heavy atom. The first-order valence-corrected chi connectivity index (χ1v) is 8.06. The summed E-state index contributed by atoms with van der Waals surface area (Å²) < 4.78 is 37.8. The first kappa shape index (κ1) is 18.8. The van der Waals surface area contributed by atoms with E-state index < -0.39 is 17.9 Å². The summed E-state index contributed by atoms with van der Waals surface area (Å²) in [7, 11) is 0. The van der Waals surface area contributed by atoms with Crippen LogP contribution >= 0.6 is 11.6 Å². The molecule has 1 aromatic carbocycles. The van der Waals surface area contributed by atoms with E-state index in [1.807, 2.05) is 0 Å². The molecule has 0 spiro atoms. The van der Waals surface area contributed by atoms with Crippen LogP contribution in [0, 0.1) is 0 Å². The zero-order valence-electron chi connectivity index (χ0n) is 13.6. The van der Waals surface area contributed by atoms with Gasteiger partial charge in [-0.25, -0.2) is 15.0 Å². The van der Waals surface area contributed by atoms with Gasteiger partial charge >= 0.3 is 6.18 Å². The Morgan fingerprint density at radius 2 is 1.89 bits per heavy atom. The number of hydrogen-bond donors (Lipinski definition) is 2. The highest BCUT2D eigenvalue weighted by Crippen LogP contribution is 2.25. The number of carbonyl (C=O) groups is 1. The van der Waals surface area contributed by atoms with Crippen LogP contribution in [0.5, 0.6) is 0 Å². The molecule has 2 N–H and O–H groups in total. The van der Waals surface area contributed by atoms with Crippen molar-refractivity contribution in [1.82, 2.24) is 30.5 Å². The topological polar surface area (TPSA) is 96.5 Å². The second-order valence-electron chi connectivity index (χ2n) is 5.38. The molecule has 2 heterocycles. The van der Waals surface area contributed by atoms with Gasteiger partial charge in [-0.15, -0.1) is 0 Å². The zero-order chi connectivity index (χ0) is 19.4. The SMILES string of the molecule is O=C(NCCc1nc(-c2ccc(Cl)cc2)n[nH]1)c1ccnc(C(F)(F)F)n1. The second-order valence-corrected chi connectivity index (χ2v) is 5.82. The van der Waals surface area contributed by atoms with E-state index in [0.717, 1.165) is 17.8 Å². The third-order valence-corrected chi connectivity index (χ3v) is 3.68. The molecule has 7 nitrogen and oxygen atoms in total. The predicted molar refractivity (Wildman–Crippen MR) is 89.9 cm³/mol. The normalized spacial score (nSPS) is 11.4. The van der Waals surface area contributed by atoms with Crippen molar-refractivity contribution in [2.75, 3.05) is 6.54 Å². The Bertz CT molecular complexity index is 942. The molecular formula is C16H12ClF3N6O. The standard InChI is InChI=1S/C16H12ClF3N6O/c17-10-3-1-9(2-4-10)13-24-12(25-26-13)6-8-21-14(27)11-5-7-22-15(23-11)16(18,19)20/h1-5,7H,6,8H2,(H,21,27)(H,24,25,26). The largest absolute Gasteiger partial charge is 0.451 e. The van der Waals surface area contributed by atoms with Gasteiger partial charge in [0.1, 0.15) is 11.5 Å². The average Bonchev–Trinajstić information content (AvgIpc) is 3.10. The Labute approximate surface area is 156 Å². The van der Waals surface area contributed by atoms with Crippen LogP contribution in [0.15, 0.2) is 36.5 Å². The number of aromatic amines is 1. The summed E-state index contributed by atoms with van der Waals surface area (Å²) in [6.07, 6.45) is -3.52. The van der Waals surface area contributed by atoms with E-state index in [2.05, 4.69) is 30.5 Å². The lowest BCUT2D eigenvalue weighted by Gasteiger charge is -2.07. The number of aromatic nitrogens is 5. The molecule has 2 aromatic heterocycles. The minimum atomic E-state index is -4.71. The Kier molecular flexibility index (Phi) is 5.36. The smallest absolute Gasteiger partial charge is 0.350 e. The average molecular weight is 397 g/mol. The molecule has 0 saturated carbocycles. The number of nitrogens with zero attached hydrogens (tertiary/aromatic N) is 4. The summed E-state index contributed by atoms with van der Waals surface area (Å²) in [6, 6.07) is 8.07. The van der Waals surface area contributed by atoms with E-state index in [4.69, 9.17) is 11.6 Å². The molecule has 3 aromatic rings. The molecule has 0 fully saturated rings. The fourth-order valence-corrected chi connectivity index (χ4v) is 2.27. The van der Waals surface area contributed by atoms with Crippen molar-refractivity contribution in [3.05, 3.63) is 58.9 Å².